The molecule has 1 fully saturated rings. The number of carbonyl (C=O) groups excluding carboxylic acids is 2. The smallest absolute Gasteiger partial charge is 0.416 e. The van der Waals surface area contributed by atoms with Gasteiger partial charge in [0.2, 0.25) is 5.91 Å². The molecule has 0 radical (unpaired) electrons. The van der Waals surface area contributed by atoms with Gasteiger partial charge in [0.15, 0.2) is 0 Å². The summed E-state index contributed by atoms with van der Waals surface area (Å²) in [4.78, 5) is 27.2. The summed E-state index contributed by atoms with van der Waals surface area (Å²) in [6.45, 7) is 0.415. The van der Waals surface area contributed by atoms with Gasteiger partial charge in [-0.25, -0.2) is 4.79 Å². The number of amides is 2. The summed E-state index contributed by atoms with van der Waals surface area (Å²) in [5, 5.41) is 0. The molecule has 1 aliphatic rings. The first-order chi connectivity index (χ1) is 20.5. The highest BCUT2D eigenvalue weighted by Gasteiger charge is 2.53. The zero-order valence-electron chi connectivity index (χ0n) is 23.6. The molecular formula is C31H31F6N3O4. The van der Waals surface area contributed by atoms with Crippen LogP contribution in [0.25, 0.3) is 0 Å². The maximum atomic E-state index is 13.7. The minimum Gasteiger partial charge on any atom is -0.445 e. The van der Waals surface area contributed by atoms with Crippen LogP contribution < -0.4 is 11.5 Å². The molecule has 4 rings (SSSR count). The average molecular weight is 624 g/mol. The Kier molecular flexibility index (Phi) is 9.31. The van der Waals surface area contributed by atoms with Gasteiger partial charge in [-0.05, 0) is 54.7 Å². The number of rotatable bonds is 8. The van der Waals surface area contributed by atoms with Crippen LogP contribution in [0, 0.1) is 0 Å². The monoisotopic (exact) mass is 623 g/mol. The zero-order valence-corrected chi connectivity index (χ0v) is 23.6. The minimum atomic E-state index is -5.04. The summed E-state index contributed by atoms with van der Waals surface area (Å²) >= 11 is 0. The molecule has 4 N–H and O–H groups in total. The molecular weight excluding hydrogens is 592 g/mol. The molecule has 3 aromatic rings. The van der Waals surface area contributed by atoms with Crippen LogP contribution in [0.5, 0.6) is 0 Å². The van der Waals surface area contributed by atoms with Gasteiger partial charge in [0.25, 0.3) is 0 Å². The standard InChI is InChI=1S/C31H31F6N3O4/c1-20(22-14-24(30(32,33)34)16-25(15-22)31(35,36)37)44-19-29(23-10-6-3-7-11-23)13-12-28(39,26(38)41)18-40(29)27(42)43-17-21-8-4-2-5-9-21/h2-11,14-16,20H,12-13,17-19,39H2,1H3,(H2,38,41)/t20-,28?,29-/m1/s1. The number of piperidine rings is 1. The molecule has 3 atom stereocenters. The van der Waals surface area contributed by atoms with Crippen molar-refractivity contribution >= 4 is 12.0 Å². The van der Waals surface area contributed by atoms with Crippen molar-refractivity contribution in [2.75, 3.05) is 13.2 Å². The molecule has 0 bridgehead atoms. The van der Waals surface area contributed by atoms with E-state index < -0.39 is 52.7 Å². The van der Waals surface area contributed by atoms with Crippen LogP contribution in [0.4, 0.5) is 31.1 Å². The minimum absolute atomic E-state index is 0.000779. The quantitative estimate of drug-likeness (QED) is 0.286. The summed E-state index contributed by atoms with van der Waals surface area (Å²) in [5.41, 5.74) is 6.77. The van der Waals surface area contributed by atoms with Crippen LogP contribution in [0.2, 0.25) is 0 Å². The van der Waals surface area contributed by atoms with Crippen LogP contribution in [0.3, 0.4) is 0 Å². The summed E-state index contributed by atoms with van der Waals surface area (Å²) in [6, 6.07) is 18.5. The second kappa shape index (κ2) is 12.5. The topological polar surface area (TPSA) is 108 Å². The van der Waals surface area contributed by atoms with E-state index >= 15 is 0 Å². The molecule has 13 heteroatoms. The number of primary amides is 1. The van der Waals surface area contributed by atoms with E-state index in [1.165, 1.54) is 11.8 Å². The highest BCUT2D eigenvalue weighted by atomic mass is 19.4. The third-order valence-electron chi connectivity index (χ3n) is 7.82. The van der Waals surface area contributed by atoms with Gasteiger partial charge in [0, 0.05) is 0 Å². The Hall–Kier alpha value is -4.10. The van der Waals surface area contributed by atoms with E-state index in [0.29, 0.717) is 23.3 Å². The van der Waals surface area contributed by atoms with E-state index in [1.54, 1.807) is 60.7 Å². The zero-order chi connectivity index (χ0) is 32.3. The average Bonchev–Trinajstić information content (AvgIpc) is 2.99. The van der Waals surface area contributed by atoms with E-state index in [4.69, 9.17) is 20.9 Å². The molecule has 0 aliphatic carbocycles. The summed E-state index contributed by atoms with van der Waals surface area (Å²) in [7, 11) is 0. The molecule has 0 saturated carbocycles. The fourth-order valence-electron chi connectivity index (χ4n) is 5.17. The molecule has 44 heavy (non-hydrogen) atoms. The van der Waals surface area contributed by atoms with E-state index in [-0.39, 0.29) is 44.2 Å². The largest absolute Gasteiger partial charge is 0.445 e. The molecule has 7 nitrogen and oxygen atoms in total. The maximum Gasteiger partial charge on any atom is 0.416 e. The van der Waals surface area contributed by atoms with Crippen molar-refractivity contribution in [1.82, 2.24) is 4.90 Å². The molecule has 1 unspecified atom stereocenters. The van der Waals surface area contributed by atoms with Crippen LogP contribution in [0.15, 0.2) is 78.9 Å². The first kappa shape index (κ1) is 32.8. The SMILES string of the molecule is C[C@@H](OC[C@@]1(c2ccccc2)CCC(N)(C(N)=O)CN1C(=O)OCc1ccccc1)c1cc(C(F)(F)F)cc(C(F)(F)F)c1. The number of nitrogens with two attached hydrogens (primary N) is 2. The molecule has 1 heterocycles. The Bertz CT molecular complexity index is 1440. The van der Waals surface area contributed by atoms with E-state index in [0.717, 1.165) is 0 Å². The Balaban J connectivity index is 1.72. The predicted octanol–water partition coefficient (Wildman–Crippen LogP) is 6.31. The molecule has 0 aromatic heterocycles. The molecule has 1 saturated heterocycles. The van der Waals surface area contributed by atoms with E-state index in [9.17, 15) is 35.9 Å². The van der Waals surface area contributed by atoms with Gasteiger partial charge in [-0.1, -0.05) is 60.7 Å². The number of hydrogen-bond donors (Lipinski definition) is 2. The highest BCUT2D eigenvalue weighted by molar-refractivity contribution is 5.86. The van der Waals surface area contributed by atoms with Gasteiger partial charge in [0.1, 0.15) is 12.1 Å². The van der Waals surface area contributed by atoms with Gasteiger partial charge in [-0.2, -0.15) is 26.3 Å². The normalized spacial score (nSPS) is 21.5. The number of benzene rings is 3. The Morgan fingerprint density at radius 3 is 1.95 bits per heavy atom. The van der Waals surface area contributed by atoms with Crippen molar-refractivity contribution < 1.29 is 45.4 Å². The Morgan fingerprint density at radius 2 is 1.43 bits per heavy atom. The van der Waals surface area contributed by atoms with Gasteiger partial charge in [-0.3, -0.25) is 9.69 Å². The van der Waals surface area contributed by atoms with Crippen molar-refractivity contribution in [3.05, 3.63) is 107 Å². The lowest BCUT2D eigenvalue weighted by Gasteiger charge is -2.51. The van der Waals surface area contributed by atoms with Crippen LogP contribution in [-0.4, -0.2) is 35.6 Å². The fraction of sp³-hybridized carbons (Fsp3) is 0.355. The number of hydrogen-bond acceptors (Lipinski definition) is 5. The van der Waals surface area contributed by atoms with Gasteiger partial charge < -0.3 is 20.9 Å². The molecule has 1 aliphatic heterocycles. The predicted molar refractivity (Wildman–Crippen MR) is 148 cm³/mol. The molecule has 236 valence electrons. The molecule has 0 spiro atoms. The van der Waals surface area contributed by atoms with Crippen molar-refractivity contribution in [3.8, 4) is 0 Å². The number of alkyl halides is 6. The van der Waals surface area contributed by atoms with Gasteiger partial charge in [0.05, 0.1) is 35.9 Å². The van der Waals surface area contributed by atoms with Gasteiger partial charge >= 0.3 is 18.4 Å². The lowest BCUT2D eigenvalue weighted by Crippen LogP contribution is -2.68. The van der Waals surface area contributed by atoms with Crippen molar-refractivity contribution in [2.24, 2.45) is 11.5 Å². The van der Waals surface area contributed by atoms with Gasteiger partial charge in [-0.15, -0.1) is 0 Å². The van der Waals surface area contributed by atoms with E-state index in [1.807, 2.05) is 0 Å². The number of likely N-dealkylation sites (tertiary alicyclic amines) is 1. The van der Waals surface area contributed by atoms with Crippen LogP contribution in [0.1, 0.15) is 53.7 Å². The Labute approximate surface area is 249 Å². The highest BCUT2D eigenvalue weighted by Crippen LogP contribution is 2.43. The van der Waals surface area contributed by atoms with Crippen molar-refractivity contribution in [3.63, 3.8) is 0 Å². The number of ether oxygens (including phenoxy) is 2. The maximum absolute atomic E-state index is 13.7. The second-order valence-electron chi connectivity index (χ2n) is 10.8. The second-order valence-corrected chi connectivity index (χ2v) is 10.8. The van der Waals surface area contributed by atoms with Crippen molar-refractivity contribution in [2.45, 2.75) is 55.9 Å². The molecule has 3 aromatic carbocycles. The number of halogens is 6. The van der Waals surface area contributed by atoms with Crippen molar-refractivity contribution in [1.29, 1.82) is 0 Å². The Morgan fingerprint density at radius 1 is 0.886 bits per heavy atom. The summed E-state index contributed by atoms with van der Waals surface area (Å²) < 4.78 is 92.7. The summed E-state index contributed by atoms with van der Waals surface area (Å²) in [5.74, 6) is -0.863. The fourth-order valence-corrected chi connectivity index (χ4v) is 5.17. The number of nitrogens with zero attached hydrogens (tertiary/aromatic N) is 1. The third-order valence-corrected chi connectivity index (χ3v) is 7.82. The lowest BCUT2D eigenvalue weighted by atomic mass is 9.75. The molecule has 2 amide bonds. The third kappa shape index (κ3) is 7.16. The first-order valence-electron chi connectivity index (χ1n) is 13.6. The first-order valence-corrected chi connectivity index (χ1v) is 13.6. The van der Waals surface area contributed by atoms with Crippen LogP contribution in [-0.2, 0) is 38.8 Å². The van der Waals surface area contributed by atoms with E-state index in [2.05, 4.69) is 0 Å². The lowest BCUT2D eigenvalue weighted by molar-refractivity contribution is -0.143. The van der Waals surface area contributed by atoms with Crippen LogP contribution >= 0.6 is 0 Å². The number of carbonyl (C=O) groups is 2. The summed E-state index contributed by atoms with van der Waals surface area (Å²) in [6.07, 6.45) is -12.2.